The Hall–Kier alpha value is -2.08. The van der Waals surface area contributed by atoms with Crippen LogP contribution in [0.15, 0.2) is 15.3 Å². The highest BCUT2D eigenvalue weighted by molar-refractivity contribution is 5.66. The molecule has 6 heteroatoms. The summed E-state index contributed by atoms with van der Waals surface area (Å²) in [4.78, 5) is 22.6. The second-order valence-electron chi connectivity index (χ2n) is 3.68. The maximum Gasteiger partial charge on any atom is 0.346 e. The van der Waals surface area contributed by atoms with Gasteiger partial charge in [0.1, 0.15) is 23.7 Å². The number of esters is 1. The minimum absolute atomic E-state index is 0.0648. The largest absolute Gasteiger partial charge is 0.496 e. The van der Waals surface area contributed by atoms with E-state index in [-0.39, 0.29) is 30.3 Å². The number of ether oxygens (including phenoxy) is 2. The zero-order valence-electron chi connectivity index (χ0n) is 11.1. The molecule has 6 nitrogen and oxygen atoms in total. The van der Waals surface area contributed by atoms with E-state index in [1.807, 2.05) is 0 Å². The quantitative estimate of drug-likeness (QED) is 0.808. The van der Waals surface area contributed by atoms with Crippen molar-refractivity contribution in [2.45, 2.75) is 27.1 Å². The van der Waals surface area contributed by atoms with E-state index in [9.17, 15) is 14.7 Å². The van der Waals surface area contributed by atoms with Gasteiger partial charge in [0, 0.05) is 6.92 Å². The zero-order chi connectivity index (χ0) is 14.4. The zero-order valence-corrected chi connectivity index (χ0v) is 11.1. The maximum absolute atomic E-state index is 11.8. The number of methoxy groups -OCH3 is 1. The van der Waals surface area contributed by atoms with Crippen molar-refractivity contribution in [3.05, 3.63) is 33.4 Å². The van der Waals surface area contributed by atoms with E-state index in [0.29, 0.717) is 5.56 Å². The number of hydrogen-bond acceptors (Lipinski definition) is 6. The Morgan fingerprint density at radius 3 is 2.58 bits per heavy atom. The normalized spacial score (nSPS) is 10.7. The lowest BCUT2D eigenvalue weighted by atomic mass is 10.1. The Balaban J connectivity index is 3.38. The van der Waals surface area contributed by atoms with Gasteiger partial charge in [-0.05, 0) is 13.0 Å². The van der Waals surface area contributed by atoms with E-state index in [1.54, 1.807) is 19.1 Å². The monoisotopic (exact) mass is 268 g/mol. The van der Waals surface area contributed by atoms with Crippen LogP contribution in [0.25, 0.3) is 6.08 Å². The summed E-state index contributed by atoms with van der Waals surface area (Å²) in [5, 5.41) is 9.37. The summed E-state index contributed by atoms with van der Waals surface area (Å²) in [6, 6.07) is 0. The first-order valence-electron chi connectivity index (χ1n) is 5.64. The van der Waals surface area contributed by atoms with Gasteiger partial charge in [0.25, 0.3) is 0 Å². The average molecular weight is 268 g/mol. The summed E-state index contributed by atoms with van der Waals surface area (Å²) in [6.45, 7) is 2.36. The predicted octanol–water partition coefficient (Wildman–Crippen LogP) is 1.24. The van der Waals surface area contributed by atoms with Gasteiger partial charge in [-0.25, -0.2) is 4.79 Å². The van der Waals surface area contributed by atoms with Crippen molar-refractivity contribution < 1.29 is 23.8 Å². The molecule has 0 aliphatic heterocycles. The van der Waals surface area contributed by atoms with Crippen molar-refractivity contribution in [1.29, 1.82) is 0 Å². The van der Waals surface area contributed by atoms with Gasteiger partial charge < -0.3 is 19.0 Å². The molecule has 0 aromatic carbocycles. The highest BCUT2D eigenvalue weighted by Crippen LogP contribution is 2.26. The average Bonchev–Trinajstić information content (AvgIpc) is 2.36. The van der Waals surface area contributed by atoms with Crippen LogP contribution in [-0.4, -0.2) is 18.2 Å². The minimum atomic E-state index is -0.664. The Morgan fingerprint density at radius 1 is 1.42 bits per heavy atom. The lowest BCUT2D eigenvalue weighted by Crippen LogP contribution is -2.15. The van der Waals surface area contributed by atoms with Crippen LogP contribution in [0.4, 0.5) is 0 Å². The molecule has 0 atom stereocenters. The van der Waals surface area contributed by atoms with E-state index in [0.717, 1.165) is 0 Å². The molecule has 1 aromatic rings. The Kier molecular flexibility index (Phi) is 5.32. The summed E-state index contributed by atoms with van der Waals surface area (Å²) in [7, 11) is 1.37. The molecule has 0 fully saturated rings. The number of carbonyl (C=O) groups is 1. The summed E-state index contributed by atoms with van der Waals surface area (Å²) >= 11 is 0. The molecule has 1 rings (SSSR count). The molecule has 0 aliphatic rings. The molecule has 1 heterocycles. The van der Waals surface area contributed by atoms with Crippen LogP contribution in [0.5, 0.6) is 5.75 Å². The van der Waals surface area contributed by atoms with Crippen LogP contribution in [-0.2, 0) is 22.7 Å². The summed E-state index contributed by atoms with van der Waals surface area (Å²) in [5.41, 5.74) is -0.263. The fourth-order valence-electron chi connectivity index (χ4n) is 1.59. The number of carbonyl (C=O) groups excluding carboxylic acids is 1. The first kappa shape index (κ1) is 15.0. The van der Waals surface area contributed by atoms with Gasteiger partial charge in [0.05, 0.1) is 19.3 Å². The van der Waals surface area contributed by atoms with E-state index >= 15 is 0 Å². The molecule has 104 valence electrons. The van der Waals surface area contributed by atoms with Crippen molar-refractivity contribution >= 4 is 12.0 Å². The topological polar surface area (TPSA) is 86.0 Å². The van der Waals surface area contributed by atoms with Gasteiger partial charge in [-0.3, -0.25) is 4.79 Å². The van der Waals surface area contributed by atoms with Crippen LogP contribution in [0.2, 0.25) is 0 Å². The summed E-state index contributed by atoms with van der Waals surface area (Å²) in [5.74, 6) is -0.129. The molecule has 0 saturated heterocycles. The van der Waals surface area contributed by atoms with Crippen LogP contribution >= 0.6 is 0 Å². The highest BCUT2D eigenvalue weighted by atomic mass is 16.5. The van der Waals surface area contributed by atoms with E-state index in [2.05, 4.69) is 0 Å². The standard InChI is InChI=1S/C13H16O6/c1-4-5-11-9(6-14)12(17-3)10(13(16)19-11)7-18-8(2)15/h4-5,14H,6-7H2,1-3H3/b5-4+. The van der Waals surface area contributed by atoms with Gasteiger partial charge in [-0.2, -0.15) is 0 Å². The molecule has 0 spiro atoms. The fourth-order valence-corrected chi connectivity index (χ4v) is 1.59. The number of rotatable bonds is 5. The van der Waals surface area contributed by atoms with Crippen LogP contribution in [0.3, 0.4) is 0 Å². The molecule has 0 bridgehead atoms. The predicted molar refractivity (Wildman–Crippen MR) is 67.6 cm³/mol. The highest BCUT2D eigenvalue weighted by Gasteiger charge is 2.19. The molecule has 0 amide bonds. The molecular formula is C13H16O6. The Labute approximate surface area is 110 Å². The van der Waals surface area contributed by atoms with Crippen molar-refractivity contribution in [2.75, 3.05) is 7.11 Å². The van der Waals surface area contributed by atoms with Crippen LogP contribution < -0.4 is 10.4 Å². The third-order valence-corrected chi connectivity index (χ3v) is 2.39. The smallest absolute Gasteiger partial charge is 0.346 e. The molecule has 19 heavy (non-hydrogen) atoms. The molecule has 1 N–H and O–H groups in total. The molecule has 1 aromatic heterocycles. The van der Waals surface area contributed by atoms with Gasteiger partial charge in [0.2, 0.25) is 0 Å². The number of aliphatic hydroxyl groups is 1. The van der Waals surface area contributed by atoms with Crippen molar-refractivity contribution in [2.24, 2.45) is 0 Å². The van der Waals surface area contributed by atoms with Gasteiger partial charge >= 0.3 is 11.6 Å². The molecule has 0 radical (unpaired) electrons. The number of hydrogen-bond donors (Lipinski definition) is 1. The van der Waals surface area contributed by atoms with E-state index in [4.69, 9.17) is 13.9 Å². The van der Waals surface area contributed by atoms with Crippen LogP contribution in [0.1, 0.15) is 30.7 Å². The third kappa shape index (κ3) is 3.45. The SMILES string of the molecule is C/C=C/c1oc(=O)c(COC(C)=O)c(OC)c1CO. The van der Waals surface area contributed by atoms with Gasteiger partial charge in [0.15, 0.2) is 0 Å². The molecule has 0 saturated carbocycles. The molecule has 0 unspecified atom stereocenters. The van der Waals surface area contributed by atoms with E-state index < -0.39 is 11.6 Å². The lowest BCUT2D eigenvalue weighted by Gasteiger charge is -2.12. The van der Waals surface area contributed by atoms with Crippen molar-refractivity contribution in [3.63, 3.8) is 0 Å². The fraction of sp³-hybridized carbons (Fsp3) is 0.385. The number of allylic oxidation sites excluding steroid dienone is 1. The minimum Gasteiger partial charge on any atom is -0.496 e. The first-order chi connectivity index (χ1) is 9.04. The van der Waals surface area contributed by atoms with Gasteiger partial charge in [-0.15, -0.1) is 0 Å². The third-order valence-electron chi connectivity index (χ3n) is 2.39. The summed E-state index contributed by atoms with van der Waals surface area (Å²) in [6.07, 6.45) is 3.22. The Morgan fingerprint density at radius 2 is 2.11 bits per heavy atom. The second-order valence-corrected chi connectivity index (χ2v) is 3.68. The number of aliphatic hydroxyl groups excluding tert-OH is 1. The van der Waals surface area contributed by atoms with Gasteiger partial charge in [-0.1, -0.05) is 6.08 Å². The lowest BCUT2D eigenvalue weighted by molar-refractivity contribution is -0.142. The Bertz CT molecular complexity index is 541. The molecule has 0 aliphatic carbocycles. The second kappa shape index (κ2) is 6.75. The molecular weight excluding hydrogens is 252 g/mol. The maximum atomic E-state index is 11.8. The summed E-state index contributed by atoms with van der Waals surface area (Å²) < 4.78 is 15.0. The van der Waals surface area contributed by atoms with Crippen LogP contribution in [0, 0.1) is 0 Å². The first-order valence-corrected chi connectivity index (χ1v) is 5.64. The van der Waals surface area contributed by atoms with Crippen molar-refractivity contribution in [1.82, 2.24) is 0 Å². The van der Waals surface area contributed by atoms with E-state index in [1.165, 1.54) is 14.0 Å². The van der Waals surface area contributed by atoms with Crippen molar-refractivity contribution in [3.8, 4) is 5.75 Å².